The number of aryl methyl sites for hydroxylation is 1. The van der Waals surface area contributed by atoms with Crippen LogP contribution in [0.3, 0.4) is 0 Å². The highest BCUT2D eigenvalue weighted by atomic mass is 32.2. The number of rotatable bonds is 4. The second-order valence-corrected chi connectivity index (χ2v) is 9.68. The van der Waals surface area contributed by atoms with Crippen LogP contribution in [0.2, 0.25) is 0 Å². The number of thiazole rings is 1. The molecule has 0 spiro atoms. The van der Waals surface area contributed by atoms with Gasteiger partial charge < -0.3 is 4.90 Å². The van der Waals surface area contributed by atoms with Crippen LogP contribution < -0.4 is 0 Å². The molecule has 1 aliphatic heterocycles. The average molecular weight is 380 g/mol. The Kier molecular flexibility index (Phi) is 4.15. The lowest BCUT2D eigenvalue weighted by atomic mass is 10.1. The van der Waals surface area contributed by atoms with Gasteiger partial charge in [-0.05, 0) is 19.8 Å². The van der Waals surface area contributed by atoms with E-state index in [-0.39, 0.29) is 24.0 Å². The summed E-state index contributed by atoms with van der Waals surface area (Å²) in [5, 5.41) is 4.24. The Bertz CT molecular complexity index is 898. The van der Waals surface area contributed by atoms with Crippen LogP contribution in [0.4, 0.5) is 0 Å². The number of nitrogens with zero attached hydrogens (tertiary/aromatic N) is 4. The van der Waals surface area contributed by atoms with Crippen molar-refractivity contribution in [3.05, 3.63) is 34.0 Å². The summed E-state index contributed by atoms with van der Waals surface area (Å²) < 4.78 is 26.1. The molecule has 2 fully saturated rings. The van der Waals surface area contributed by atoms with Crippen molar-refractivity contribution in [3.63, 3.8) is 0 Å². The van der Waals surface area contributed by atoms with E-state index in [9.17, 15) is 13.2 Å². The highest BCUT2D eigenvalue weighted by Gasteiger charge is 2.39. The molecule has 1 aliphatic carbocycles. The number of aromatic nitrogens is 3. The molecule has 2 aromatic rings. The minimum absolute atomic E-state index is 0.00865. The van der Waals surface area contributed by atoms with E-state index < -0.39 is 15.9 Å². The number of amides is 1. The first kappa shape index (κ1) is 16.7. The first-order valence-corrected chi connectivity index (χ1v) is 11.2. The Labute approximate surface area is 150 Å². The molecule has 2 aliphatic rings. The lowest BCUT2D eigenvalue weighted by Gasteiger charge is -2.34. The van der Waals surface area contributed by atoms with Gasteiger partial charge in [-0.25, -0.2) is 13.4 Å². The first-order valence-electron chi connectivity index (χ1n) is 8.45. The Morgan fingerprint density at radius 1 is 1.40 bits per heavy atom. The number of carbonyl (C=O) groups is 1. The molecular weight excluding hydrogens is 360 g/mol. The molecule has 1 atom stereocenters. The summed E-state index contributed by atoms with van der Waals surface area (Å²) in [6.07, 6.45) is 5.65. The molecule has 0 bridgehead atoms. The van der Waals surface area contributed by atoms with E-state index in [4.69, 9.17) is 0 Å². The normalized spacial score (nSPS) is 22.9. The summed E-state index contributed by atoms with van der Waals surface area (Å²) in [6, 6.07) is -0.485. The zero-order valence-corrected chi connectivity index (χ0v) is 15.6. The van der Waals surface area contributed by atoms with Crippen molar-refractivity contribution in [2.45, 2.75) is 38.3 Å². The van der Waals surface area contributed by atoms with E-state index in [0.717, 1.165) is 24.1 Å². The molecule has 1 saturated heterocycles. The van der Waals surface area contributed by atoms with Gasteiger partial charge in [-0.1, -0.05) is 0 Å². The van der Waals surface area contributed by atoms with Gasteiger partial charge in [0.1, 0.15) is 4.88 Å². The molecule has 0 aromatic carbocycles. The van der Waals surface area contributed by atoms with Crippen LogP contribution in [-0.4, -0.2) is 52.0 Å². The molecule has 4 rings (SSSR count). The summed E-state index contributed by atoms with van der Waals surface area (Å²) in [5.41, 5.74) is 3.37. The van der Waals surface area contributed by atoms with Crippen LogP contribution in [0.25, 0.3) is 0 Å². The van der Waals surface area contributed by atoms with Gasteiger partial charge in [0, 0.05) is 30.8 Å². The standard InChI is InChI=1S/C16H20N4O3S2/c1-2-19-8-12(7-18-19)13-9-25(22,23)6-5-20(13)16(21)15-14(11-3-4-11)17-10-24-15/h7-8,10-11,13H,2-6,9H2,1H3. The topological polar surface area (TPSA) is 85.2 Å². The van der Waals surface area contributed by atoms with Crippen LogP contribution in [-0.2, 0) is 16.4 Å². The fourth-order valence-corrected chi connectivity index (χ4v) is 5.57. The van der Waals surface area contributed by atoms with Gasteiger partial charge in [0.15, 0.2) is 9.84 Å². The monoisotopic (exact) mass is 380 g/mol. The van der Waals surface area contributed by atoms with E-state index in [0.29, 0.717) is 17.3 Å². The fourth-order valence-electron chi connectivity index (χ4n) is 3.24. The zero-order chi connectivity index (χ0) is 17.6. The molecular formula is C16H20N4O3S2. The molecule has 0 N–H and O–H groups in total. The van der Waals surface area contributed by atoms with Crippen molar-refractivity contribution >= 4 is 27.1 Å². The Balaban J connectivity index is 1.67. The summed E-state index contributed by atoms with van der Waals surface area (Å²) in [4.78, 5) is 19.9. The molecule has 9 heteroatoms. The summed E-state index contributed by atoms with van der Waals surface area (Å²) in [6.45, 7) is 2.88. The van der Waals surface area contributed by atoms with E-state index in [1.165, 1.54) is 11.3 Å². The number of hydrogen-bond donors (Lipinski definition) is 0. The maximum Gasteiger partial charge on any atom is 0.266 e. The van der Waals surface area contributed by atoms with Gasteiger partial charge in [0.25, 0.3) is 5.91 Å². The Hall–Kier alpha value is -1.74. The summed E-state index contributed by atoms with van der Waals surface area (Å²) in [5.74, 6) is 0.244. The lowest BCUT2D eigenvalue weighted by Crippen LogP contribution is -2.46. The molecule has 1 amide bonds. The second kappa shape index (κ2) is 6.21. The number of carbonyl (C=O) groups excluding carboxylic acids is 1. The van der Waals surface area contributed by atoms with E-state index in [2.05, 4.69) is 10.1 Å². The largest absolute Gasteiger partial charge is 0.329 e. The Morgan fingerprint density at radius 2 is 2.20 bits per heavy atom. The van der Waals surface area contributed by atoms with Gasteiger partial charge in [0.2, 0.25) is 0 Å². The van der Waals surface area contributed by atoms with Crippen LogP contribution in [0.15, 0.2) is 17.9 Å². The quantitative estimate of drug-likeness (QED) is 0.808. The van der Waals surface area contributed by atoms with E-state index in [1.54, 1.807) is 21.3 Å². The van der Waals surface area contributed by atoms with E-state index in [1.807, 2.05) is 13.1 Å². The fraction of sp³-hybridized carbons (Fsp3) is 0.562. The van der Waals surface area contributed by atoms with Gasteiger partial charge in [-0.15, -0.1) is 11.3 Å². The zero-order valence-electron chi connectivity index (χ0n) is 14.0. The van der Waals surface area contributed by atoms with Crippen molar-refractivity contribution in [1.29, 1.82) is 0 Å². The SMILES string of the molecule is CCn1cc(C2CS(=O)(=O)CCN2C(=O)c2scnc2C2CC2)cn1. The molecule has 25 heavy (non-hydrogen) atoms. The average Bonchev–Trinajstić information content (AvgIpc) is 3.12. The molecule has 1 unspecified atom stereocenters. The molecule has 134 valence electrons. The minimum Gasteiger partial charge on any atom is -0.329 e. The van der Waals surface area contributed by atoms with Crippen LogP contribution in [0, 0.1) is 0 Å². The third-order valence-electron chi connectivity index (χ3n) is 4.81. The van der Waals surface area contributed by atoms with Crippen molar-refractivity contribution in [2.75, 3.05) is 18.1 Å². The van der Waals surface area contributed by atoms with Crippen molar-refractivity contribution in [2.24, 2.45) is 0 Å². The number of sulfone groups is 1. The van der Waals surface area contributed by atoms with E-state index >= 15 is 0 Å². The Morgan fingerprint density at radius 3 is 2.88 bits per heavy atom. The maximum atomic E-state index is 13.2. The molecule has 7 nitrogen and oxygen atoms in total. The third-order valence-corrected chi connectivity index (χ3v) is 7.27. The minimum atomic E-state index is -3.17. The van der Waals surface area contributed by atoms with Crippen molar-refractivity contribution in [3.8, 4) is 0 Å². The van der Waals surface area contributed by atoms with Crippen LogP contribution in [0.5, 0.6) is 0 Å². The molecule has 2 aromatic heterocycles. The van der Waals surface area contributed by atoms with Gasteiger partial charge in [-0.3, -0.25) is 9.48 Å². The van der Waals surface area contributed by atoms with Crippen LogP contribution >= 0.6 is 11.3 Å². The van der Waals surface area contributed by atoms with Crippen LogP contribution in [0.1, 0.15) is 52.7 Å². The van der Waals surface area contributed by atoms with Crippen molar-refractivity contribution < 1.29 is 13.2 Å². The highest BCUT2D eigenvalue weighted by Crippen LogP contribution is 2.42. The van der Waals surface area contributed by atoms with Gasteiger partial charge in [0.05, 0.1) is 34.9 Å². The lowest BCUT2D eigenvalue weighted by molar-refractivity contribution is 0.0701. The van der Waals surface area contributed by atoms with Gasteiger partial charge in [-0.2, -0.15) is 5.10 Å². The number of hydrogen-bond acceptors (Lipinski definition) is 6. The summed E-state index contributed by atoms with van der Waals surface area (Å²) in [7, 11) is -3.17. The van der Waals surface area contributed by atoms with Crippen molar-refractivity contribution in [1.82, 2.24) is 19.7 Å². The second-order valence-electron chi connectivity index (χ2n) is 6.60. The third kappa shape index (κ3) is 3.22. The van der Waals surface area contributed by atoms with Gasteiger partial charge >= 0.3 is 0 Å². The predicted octanol–water partition coefficient (Wildman–Crippen LogP) is 1.85. The molecule has 3 heterocycles. The first-order chi connectivity index (χ1) is 12.0. The highest BCUT2D eigenvalue weighted by molar-refractivity contribution is 7.91. The predicted molar refractivity (Wildman–Crippen MR) is 94.4 cm³/mol. The molecule has 0 radical (unpaired) electrons. The molecule has 1 saturated carbocycles. The maximum absolute atomic E-state index is 13.2. The smallest absolute Gasteiger partial charge is 0.266 e. The summed E-state index contributed by atoms with van der Waals surface area (Å²) >= 11 is 1.35.